The van der Waals surface area contributed by atoms with E-state index in [0.29, 0.717) is 6.54 Å². The minimum absolute atomic E-state index is 0.0470. The lowest BCUT2D eigenvalue weighted by molar-refractivity contribution is -0.128. The highest BCUT2D eigenvalue weighted by Gasteiger charge is 2.20. The van der Waals surface area contributed by atoms with Gasteiger partial charge in [-0.15, -0.1) is 0 Å². The molecule has 3 nitrogen and oxygen atoms in total. The zero-order chi connectivity index (χ0) is 11.5. The van der Waals surface area contributed by atoms with Crippen molar-refractivity contribution >= 4 is 5.91 Å². The van der Waals surface area contributed by atoms with Crippen molar-refractivity contribution in [1.82, 2.24) is 10.3 Å². The third-order valence-corrected chi connectivity index (χ3v) is 2.08. The molecule has 0 saturated heterocycles. The van der Waals surface area contributed by atoms with E-state index in [-0.39, 0.29) is 11.3 Å². The van der Waals surface area contributed by atoms with Gasteiger partial charge in [0.15, 0.2) is 0 Å². The lowest BCUT2D eigenvalue weighted by Crippen LogP contribution is -2.34. The summed E-state index contributed by atoms with van der Waals surface area (Å²) in [6, 6.07) is 3.91. The summed E-state index contributed by atoms with van der Waals surface area (Å²) in [4.78, 5) is 15.8. The van der Waals surface area contributed by atoms with E-state index in [1.165, 1.54) is 0 Å². The van der Waals surface area contributed by atoms with Gasteiger partial charge in [-0.3, -0.25) is 9.78 Å². The molecule has 1 heterocycles. The molecule has 1 rings (SSSR count). The molecule has 0 aliphatic heterocycles. The molecule has 1 N–H and O–H groups in total. The maximum Gasteiger partial charge on any atom is 0.225 e. The summed E-state index contributed by atoms with van der Waals surface area (Å²) < 4.78 is 0. The highest BCUT2D eigenvalue weighted by molar-refractivity contribution is 5.81. The highest BCUT2D eigenvalue weighted by atomic mass is 16.2. The van der Waals surface area contributed by atoms with Crippen molar-refractivity contribution in [2.75, 3.05) is 0 Å². The van der Waals surface area contributed by atoms with Gasteiger partial charge in [-0.2, -0.15) is 0 Å². The van der Waals surface area contributed by atoms with Crippen molar-refractivity contribution in [2.24, 2.45) is 5.41 Å². The molecule has 0 unspecified atom stereocenters. The summed E-state index contributed by atoms with van der Waals surface area (Å²) in [6.07, 6.45) is 1.76. The Bertz CT molecular complexity index is 353. The molecule has 1 amide bonds. The Kier molecular flexibility index (Phi) is 3.45. The minimum atomic E-state index is -0.343. The lowest BCUT2D eigenvalue weighted by atomic mass is 9.96. The van der Waals surface area contributed by atoms with Crippen molar-refractivity contribution in [3.8, 4) is 0 Å². The van der Waals surface area contributed by atoms with Gasteiger partial charge in [0.2, 0.25) is 5.91 Å². The van der Waals surface area contributed by atoms with Crippen LogP contribution in [0.5, 0.6) is 0 Å². The van der Waals surface area contributed by atoms with E-state index >= 15 is 0 Å². The van der Waals surface area contributed by atoms with Crippen molar-refractivity contribution in [3.63, 3.8) is 0 Å². The predicted molar refractivity (Wildman–Crippen MR) is 60.3 cm³/mol. The quantitative estimate of drug-likeness (QED) is 0.804. The van der Waals surface area contributed by atoms with Crippen LogP contribution in [0.25, 0.3) is 0 Å². The van der Waals surface area contributed by atoms with Gasteiger partial charge in [0, 0.05) is 11.6 Å². The first-order valence-corrected chi connectivity index (χ1v) is 5.09. The molecule has 82 valence electrons. The van der Waals surface area contributed by atoms with Crippen LogP contribution >= 0.6 is 0 Å². The Balaban J connectivity index is 2.55. The fraction of sp³-hybridized carbons (Fsp3) is 0.500. The first-order valence-electron chi connectivity index (χ1n) is 5.09. The Labute approximate surface area is 90.9 Å². The molecule has 0 saturated carbocycles. The van der Waals surface area contributed by atoms with Gasteiger partial charge in [-0.05, 0) is 24.6 Å². The van der Waals surface area contributed by atoms with Gasteiger partial charge >= 0.3 is 0 Å². The topological polar surface area (TPSA) is 42.0 Å². The third kappa shape index (κ3) is 3.70. The van der Waals surface area contributed by atoms with Crippen LogP contribution in [0.4, 0.5) is 0 Å². The SMILES string of the molecule is Cc1ccnc(CNC(=O)C(C)(C)C)c1. The van der Waals surface area contributed by atoms with E-state index in [2.05, 4.69) is 10.3 Å². The summed E-state index contributed by atoms with van der Waals surface area (Å²) in [5.74, 6) is 0.0470. The summed E-state index contributed by atoms with van der Waals surface area (Å²) in [7, 11) is 0. The lowest BCUT2D eigenvalue weighted by Gasteiger charge is -2.17. The zero-order valence-corrected chi connectivity index (χ0v) is 9.79. The van der Waals surface area contributed by atoms with Crippen LogP contribution in [0.1, 0.15) is 32.0 Å². The maximum absolute atomic E-state index is 11.6. The molecule has 0 aromatic carbocycles. The Morgan fingerprint density at radius 1 is 1.47 bits per heavy atom. The second kappa shape index (κ2) is 4.43. The number of aromatic nitrogens is 1. The van der Waals surface area contributed by atoms with E-state index in [1.54, 1.807) is 6.20 Å². The summed E-state index contributed by atoms with van der Waals surface area (Å²) in [5.41, 5.74) is 1.71. The van der Waals surface area contributed by atoms with E-state index in [9.17, 15) is 4.79 Å². The summed E-state index contributed by atoms with van der Waals surface area (Å²) in [5, 5.41) is 2.86. The average molecular weight is 206 g/mol. The molecule has 0 spiro atoms. The standard InChI is InChI=1S/C12H18N2O/c1-9-5-6-13-10(7-9)8-14-11(15)12(2,3)4/h5-7H,8H2,1-4H3,(H,14,15). The Morgan fingerprint density at radius 2 is 2.13 bits per heavy atom. The van der Waals surface area contributed by atoms with E-state index in [1.807, 2.05) is 39.8 Å². The molecule has 0 aliphatic rings. The maximum atomic E-state index is 11.6. The number of nitrogens with zero attached hydrogens (tertiary/aromatic N) is 1. The predicted octanol–water partition coefficient (Wildman–Crippen LogP) is 2.05. The Morgan fingerprint density at radius 3 is 2.67 bits per heavy atom. The van der Waals surface area contributed by atoms with Gasteiger partial charge in [-0.1, -0.05) is 20.8 Å². The first-order chi connectivity index (χ1) is 6.89. The van der Waals surface area contributed by atoms with Crippen LogP contribution in [-0.2, 0) is 11.3 Å². The fourth-order valence-electron chi connectivity index (χ4n) is 1.13. The summed E-state index contributed by atoms with van der Waals surface area (Å²) >= 11 is 0. The summed E-state index contributed by atoms with van der Waals surface area (Å²) in [6.45, 7) is 8.19. The molecular weight excluding hydrogens is 188 g/mol. The zero-order valence-electron chi connectivity index (χ0n) is 9.79. The molecule has 15 heavy (non-hydrogen) atoms. The Hall–Kier alpha value is -1.38. The molecule has 0 radical (unpaired) electrons. The van der Waals surface area contributed by atoms with Crippen LogP contribution < -0.4 is 5.32 Å². The smallest absolute Gasteiger partial charge is 0.225 e. The van der Waals surface area contributed by atoms with Gasteiger partial charge in [0.1, 0.15) is 0 Å². The number of rotatable bonds is 2. The molecule has 0 atom stereocenters. The van der Waals surface area contributed by atoms with Gasteiger partial charge in [-0.25, -0.2) is 0 Å². The second-order valence-electron chi connectivity index (χ2n) is 4.76. The van der Waals surface area contributed by atoms with Crippen LogP contribution in [0.2, 0.25) is 0 Å². The molecule has 0 bridgehead atoms. The average Bonchev–Trinajstić information content (AvgIpc) is 2.12. The molecular formula is C12H18N2O. The normalized spacial score (nSPS) is 11.2. The van der Waals surface area contributed by atoms with Crippen molar-refractivity contribution in [1.29, 1.82) is 0 Å². The second-order valence-corrected chi connectivity index (χ2v) is 4.76. The van der Waals surface area contributed by atoms with E-state index in [4.69, 9.17) is 0 Å². The van der Waals surface area contributed by atoms with Crippen molar-refractivity contribution in [3.05, 3.63) is 29.6 Å². The van der Waals surface area contributed by atoms with E-state index in [0.717, 1.165) is 11.3 Å². The van der Waals surface area contributed by atoms with Crippen LogP contribution in [0.15, 0.2) is 18.3 Å². The third-order valence-electron chi connectivity index (χ3n) is 2.08. The molecule has 1 aromatic rings. The van der Waals surface area contributed by atoms with Gasteiger partial charge < -0.3 is 5.32 Å². The number of hydrogen-bond donors (Lipinski definition) is 1. The van der Waals surface area contributed by atoms with Gasteiger partial charge in [0.25, 0.3) is 0 Å². The van der Waals surface area contributed by atoms with Crippen LogP contribution in [0, 0.1) is 12.3 Å². The molecule has 0 fully saturated rings. The van der Waals surface area contributed by atoms with E-state index < -0.39 is 0 Å². The van der Waals surface area contributed by atoms with Gasteiger partial charge in [0.05, 0.1) is 12.2 Å². The molecule has 3 heteroatoms. The highest BCUT2D eigenvalue weighted by Crippen LogP contribution is 2.12. The number of carbonyl (C=O) groups excluding carboxylic acids is 1. The number of carbonyl (C=O) groups is 1. The van der Waals surface area contributed by atoms with Crippen LogP contribution in [-0.4, -0.2) is 10.9 Å². The number of amides is 1. The van der Waals surface area contributed by atoms with Crippen molar-refractivity contribution < 1.29 is 4.79 Å². The number of pyridine rings is 1. The molecule has 0 aliphatic carbocycles. The first kappa shape index (κ1) is 11.7. The number of nitrogens with one attached hydrogen (secondary N) is 1. The molecule has 1 aromatic heterocycles. The largest absolute Gasteiger partial charge is 0.350 e. The number of aryl methyl sites for hydroxylation is 1. The number of hydrogen-bond acceptors (Lipinski definition) is 2. The monoisotopic (exact) mass is 206 g/mol. The van der Waals surface area contributed by atoms with Crippen LogP contribution in [0.3, 0.4) is 0 Å². The fourth-order valence-corrected chi connectivity index (χ4v) is 1.13. The minimum Gasteiger partial charge on any atom is -0.350 e. The van der Waals surface area contributed by atoms with Crippen molar-refractivity contribution in [2.45, 2.75) is 34.2 Å².